The van der Waals surface area contributed by atoms with E-state index in [1.54, 1.807) is 6.21 Å². The minimum absolute atomic E-state index is 0.0950. The number of rotatable bonds is 1. The number of allylic oxidation sites excluding steroid dienone is 1. The van der Waals surface area contributed by atoms with Crippen LogP contribution in [0, 0.1) is 0 Å². The molecule has 1 heterocycles. The lowest BCUT2D eigenvalue weighted by Gasteiger charge is -2.20. The molecule has 0 amide bonds. The van der Waals surface area contributed by atoms with Crippen molar-refractivity contribution >= 4 is 6.21 Å². The van der Waals surface area contributed by atoms with Crippen LogP contribution in [-0.2, 0) is 4.74 Å². The van der Waals surface area contributed by atoms with E-state index in [0.29, 0.717) is 0 Å². The summed E-state index contributed by atoms with van der Waals surface area (Å²) in [5.74, 6) is 0.896. The van der Waals surface area contributed by atoms with E-state index in [0.717, 1.165) is 12.3 Å². The second kappa shape index (κ2) is 2.45. The first kappa shape index (κ1) is 7.32. The van der Waals surface area contributed by atoms with Gasteiger partial charge in [-0.25, -0.2) is 0 Å². The summed E-state index contributed by atoms with van der Waals surface area (Å²) >= 11 is 0. The van der Waals surface area contributed by atoms with Crippen LogP contribution in [0.2, 0.25) is 0 Å². The van der Waals surface area contributed by atoms with Gasteiger partial charge in [-0.2, -0.15) is 0 Å². The predicted octanol–water partition coefficient (Wildman–Crippen LogP) is 1.77. The molecule has 0 N–H and O–H groups in total. The maximum absolute atomic E-state index is 5.51. The Bertz CT molecular complexity index is 174. The van der Waals surface area contributed by atoms with Crippen LogP contribution in [0.5, 0.6) is 0 Å². The summed E-state index contributed by atoms with van der Waals surface area (Å²) in [4.78, 5) is 4.01. The summed E-state index contributed by atoms with van der Waals surface area (Å²) in [6, 6.07) is 0. The van der Waals surface area contributed by atoms with Crippen LogP contribution in [0.25, 0.3) is 0 Å². The zero-order valence-corrected chi connectivity index (χ0v) is 6.72. The molecule has 0 aromatic carbocycles. The third-order valence-electron chi connectivity index (χ3n) is 1.04. The second-order valence-electron chi connectivity index (χ2n) is 3.32. The molecule has 0 bridgehead atoms. The van der Waals surface area contributed by atoms with Gasteiger partial charge < -0.3 is 4.74 Å². The standard InChI is InChI=1S/C8H13NO/c1-8(2,3)10-7-4-5-9-6-7/h4,6H,5H2,1-3H3. The Labute approximate surface area is 61.6 Å². The van der Waals surface area contributed by atoms with Gasteiger partial charge in [-0.05, 0) is 26.8 Å². The summed E-state index contributed by atoms with van der Waals surface area (Å²) in [5, 5.41) is 0. The quantitative estimate of drug-likeness (QED) is 0.542. The topological polar surface area (TPSA) is 21.6 Å². The van der Waals surface area contributed by atoms with Crippen LogP contribution < -0.4 is 0 Å². The van der Waals surface area contributed by atoms with E-state index in [9.17, 15) is 0 Å². The van der Waals surface area contributed by atoms with Gasteiger partial charge in [0, 0.05) is 0 Å². The molecule has 10 heavy (non-hydrogen) atoms. The normalized spacial score (nSPS) is 17.3. The molecule has 1 aliphatic rings. The third kappa shape index (κ3) is 2.21. The lowest BCUT2D eigenvalue weighted by atomic mass is 10.2. The van der Waals surface area contributed by atoms with Gasteiger partial charge in [-0.3, -0.25) is 4.99 Å². The predicted molar refractivity (Wildman–Crippen MR) is 42.3 cm³/mol. The summed E-state index contributed by atoms with van der Waals surface area (Å²) in [7, 11) is 0. The van der Waals surface area contributed by atoms with Gasteiger partial charge in [0.25, 0.3) is 0 Å². The van der Waals surface area contributed by atoms with Gasteiger partial charge in [0.1, 0.15) is 11.4 Å². The maximum atomic E-state index is 5.51. The van der Waals surface area contributed by atoms with E-state index in [1.165, 1.54) is 0 Å². The zero-order valence-electron chi connectivity index (χ0n) is 6.72. The van der Waals surface area contributed by atoms with Crippen molar-refractivity contribution in [1.29, 1.82) is 0 Å². The lowest BCUT2D eigenvalue weighted by molar-refractivity contribution is 0.0657. The van der Waals surface area contributed by atoms with Crippen molar-refractivity contribution in [2.75, 3.05) is 6.54 Å². The highest BCUT2D eigenvalue weighted by molar-refractivity contribution is 5.78. The van der Waals surface area contributed by atoms with Gasteiger partial charge in [0.2, 0.25) is 0 Å². The number of aliphatic imine (C=N–C) groups is 1. The average molecular weight is 139 g/mol. The second-order valence-corrected chi connectivity index (χ2v) is 3.32. The molecule has 0 spiro atoms. The maximum Gasteiger partial charge on any atom is 0.135 e. The Hall–Kier alpha value is -0.790. The van der Waals surface area contributed by atoms with Crippen molar-refractivity contribution in [2.24, 2.45) is 4.99 Å². The van der Waals surface area contributed by atoms with Crippen LogP contribution in [0.3, 0.4) is 0 Å². The third-order valence-corrected chi connectivity index (χ3v) is 1.04. The molecule has 0 unspecified atom stereocenters. The minimum atomic E-state index is -0.0950. The number of hydrogen-bond acceptors (Lipinski definition) is 2. The summed E-state index contributed by atoms with van der Waals surface area (Å²) in [6.45, 7) is 6.85. The fraction of sp³-hybridized carbons (Fsp3) is 0.625. The number of nitrogens with zero attached hydrogens (tertiary/aromatic N) is 1. The largest absolute Gasteiger partial charge is 0.487 e. The fourth-order valence-corrected chi connectivity index (χ4v) is 0.760. The Morgan fingerprint density at radius 3 is 2.60 bits per heavy atom. The van der Waals surface area contributed by atoms with Crippen molar-refractivity contribution in [3.05, 3.63) is 11.8 Å². The Morgan fingerprint density at radius 1 is 1.50 bits per heavy atom. The molecule has 0 saturated carbocycles. The van der Waals surface area contributed by atoms with E-state index >= 15 is 0 Å². The van der Waals surface area contributed by atoms with Gasteiger partial charge in [0.15, 0.2) is 0 Å². The molecular formula is C8H13NO. The Morgan fingerprint density at radius 2 is 2.20 bits per heavy atom. The monoisotopic (exact) mass is 139 g/mol. The van der Waals surface area contributed by atoms with E-state index in [1.807, 2.05) is 26.8 Å². The van der Waals surface area contributed by atoms with Crippen molar-refractivity contribution < 1.29 is 4.74 Å². The van der Waals surface area contributed by atoms with E-state index < -0.39 is 0 Å². The summed E-state index contributed by atoms with van der Waals surface area (Å²) in [5.41, 5.74) is -0.0950. The molecule has 2 nitrogen and oxygen atoms in total. The van der Waals surface area contributed by atoms with Crippen molar-refractivity contribution in [1.82, 2.24) is 0 Å². The highest BCUT2D eigenvalue weighted by Gasteiger charge is 2.13. The summed E-state index contributed by atoms with van der Waals surface area (Å²) < 4.78 is 5.51. The number of hydrogen-bond donors (Lipinski definition) is 0. The van der Waals surface area contributed by atoms with Gasteiger partial charge in [0.05, 0.1) is 12.8 Å². The highest BCUT2D eigenvalue weighted by Crippen LogP contribution is 2.13. The molecule has 1 aliphatic heterocycles. The molecule has 0 radical (unpaired) electrons. The van der Waals surface area contributed by atoms with Crippen LogP contribution in [0.4, 0.5) is 0 Å². The summed E-state index contributed by atoms with van der Waals surface area (Å²) in [6.07, 6.45) is 3.75. The Kier molecular flexibility index (Phi) is 1.79. The SMILES string of the molecule is CC(C)(C)OC1=CCN=C1. The van der Waals surface area contributed by atoms with E-state index in [4.69, 9.17) is 4.74 Å². The fourth-order valence-electron chi connectivity index (χ4n) is 0.760. The van der Waals surface area contributed by atoms with Crippen LogP contribution in [-0.4, -0.2) is 18.4 Å². The highest BCUT2D eigenvalue weighted by atomic mass is 16.5. The van der Waals surface area contributed by atoms with Crippen LogP contribution >= 0.6 is 0 Å². The molecule has 0 aromatic rings. The molecule has 0 saturated heterocycles. The first-order valence-corrected chi connectivity index (χ1v) is 3.47. The van der Waals surface area contributed by atoms with Gasteiger partial charge >= 0.3 is 0 Å². The van der Waals surface area contributed by atoms with Gasteiger partial charge in [-0.15, -0.1) is 0 Å². The van der Waals surface area contributed by atoms with E-state index in [2.05, 4.69) is 4.99 Å². The first-order valence-electron chi connectivity index (χ1n) is 3.47. The molecule has 1 rings (SSSR count). The number of ether oxygens (including phenoxy) is 1. The van der Waals surface area contributed by atoms with Crippen molar-refractivity contribution in [3.8, 4) is 0 Å². The minimum Gasteiger partial charge on any atom is -0.487 e. The molecule has 0 atom stereocenters. The average Bonchev–Trinajstić information content (AvgIpc) is 2.12. The molecule has 0 aromatic heterocycles. The van der Waals surface area contributed by atoms with Crippen molar-refractivity contribution in [3.63, 3.8) is 0 Å². The first-order chi connectivity index (χ1) is 4.58. The Balaban J connectivity index is 2.46. The molecule has 0 aliphatic carbocycles. The lowest BCUT2D eigenvalue weighted by Crippen LogP contribution is -2.18. The van der Waals surface area contributed by atoms with E-state index in [-0.39, 0.29) is 5.60 Å². The van der Waals surface area contributed by atoms with Crippen LogP contribution in [0.1, 0.15) is 20.8 Å². The molecule has 2 heteroatoms. The zero-order chi connectivity index (χ0) is 7.61. The molecule has 0 fully saturated rings. The van der Waals surface area contributed by atoms with Crippen LogP contribution in [0.15, 0.2) is 16.8 Å². The molecular weight excluding hydrogens is 126 g/mol. The van der Waals surface area contributed by atoms with Crippen molar-refractivity contribution in [2.45, 2.75) is 26.4 Å². The smallest absolute Gasteiger partial charge is 0.135 e. The molecule has 56 valence electrons. The van der Waals surface area contributed by atoms with Gasteiger partial charge in [-0.1, -0.05) is 0 Å².